The molecule has 5 rings (SSSR count). The monoisotopic (exact) mass is 829 g/mol. The molecule has 1 aromatic carbocycles. The smallest absolute Gasteiger partial charge is 0.409 e. The van der Waals surface area contributed by atoms with E-state index in [9.17, 15) is 24.3 Å². The number of nitrogens with zero attached hydrogens (tertiary/aromatic N) is 5. The van der Waals surface area contributed by atoms with Crippen LogP contribution in [0.25, 0.3) is 0 Å². The molecule has 8 atom stereocenters. The van der Waals surface area contributed by atoms with Crippen molar-refractivity contribution in [3.8, 4) is 5.75 Å². The highest BCUT2D eigenvalue weighted by molar-refractivity contribution is 6.35. The van der Waals surface area contributed by atoms with Gasteiger partial charge in [-0.1, -0.05) is 47.5 Å². The number of fused-ring (bicyclic) bond motifs is 5. The van der Waals surface area contributed by atoms with E-state index in [4.69, 9.17) is 35.3 Å². The van der Waals surface area contributed by atoms with E-state index in [0.29, 0.717) is 37.4 Å². The molecule has 17 nitrogen and oxygen atoms in total. The number of likely N-dealkylation sites (N-methyl/N-ethyl adjacent to an activating group) is 1. The van der Waals surface area contributed by atoms with Gasteiger partial charge in [-0.25, -0.2) is 9.59 Å². The highest BCUT2D eigenvalue weighted by Crippen LogP contribution is 2.49. The number of esters is 1. The highest BCUT2D eigenvalue weighted by Gasteiger charge is 2.64. The Labute approximate surface area is 343 Å². The first-order chi connectivity index (χ1) is 27.4. The first-order valence-electron chi connectivity index (χ1n) is 19.3. The normalized spacial score (nSPS) is 29.5. The van der Waals surface area contributed by atoms with Gasteiger partial charge < -0.3 is 43.9 Å². The van der Waals surface area contributed by atoms with Crippen molar-refractivity contribution in [3.05, 3.63) is 58.4 Å². The van der Waals surface area contributed by atoms with E-state index in [2.05, 4.69) is 20.9 Å². The van der Waals surface area contributed by atoms with Gasteiger partial charge in [0.2, 0.25) is 11.8 Å². The van der Waals surface area contributed by atoms with Crippen molar-refractivity contribution in [2.75, 3.05) is 40.3 Å². The minimum Gasteiger partial charge on any atom is -0.495 e. The number of hydrogen-bond acceptors (Lipinski definition) is 13. The van der Waals surface area contributed by atoms with Gasteiger partial charge in [-0.05, 0) is 58.4 Å². The summed E-state index contributed by atoms with van der Waals surface area (Å²) < 4.78 is 31.0. The number of anilines is 1. The first-order valence-corrected chi connectivity index (χ1v) is 19.7. The Hall–Kier alpha value is -4.55. The SMILES string of the molecule is CNCc1cn(CCCC(=O)N(C)[C@@H](C)C(=O)O[C@H]2CC(=O)N(C)c3cc(cc(OC)c3Cl)C/C(C)=C/C=C/[C@@H](OC)[C@@]3(O)C[C@H](OC(=O)N3)[C@@H](C)[C@@H]3O[C@@]23C)nn1. The number of carbonyl (C=O) groups is 4. The van der Waals surface area contributed by atoms with Crippen molar-refractivity contribution in [3.63, 3.8) is 0 Å². The maximum absolute atomic E-state index is 14.2. The van der Waals surface area contributed by atoms with E-state index >= 15 is 0 Å². The van der Waals surface area contributed by atoms with Crippen LogP contribution in [-0.4, -0.2) is 126 Å². The molecule has 0 saturated carbocycles. The van der Waals surface area contributed by atoms with Gasteiger partial charge in [0, 0.05) is 59.3 Å². The van der Waals surface area contributed by atoms with Crippen LogP contribution < -0.4 is 20.3 Å². The number of aliphatic hydroxyl groups is 1. The average Bonchev–Trinajstić information content (AvgIpc) is 3.68. The number of allylic oxidation sites excluding steroid dienone is 3. The van der Waals surface area contributed by atoms with E-state index in [1.165, 1.54) is 31.1 Å². The van der Waals surface area contributed by atoms with Crippen LogP contribution in [0.15, 0.2) is 42.1 Å². The van der Waals surface area contributed by atoms with Crippen molar-refractivity contribution in [1.29, 1.82) is 0 Å². The topological polar surface area (TPSA) is 199 Å². The zero-order valence-electron chi connectivity index (χ0n) is 34.6. The molecule has 4 heterocycles. The standard InChI is InChI=1S/C40H56ClN7O10/c1-23-12-10-13-31(55-9)40(53)20-30(56-38(52)43-40)24(2)36-39(4,58-36)32(19-34(50)47(7)28-17-26(16-23)18-29(54-8)35(28)41)57-37(51)25(3)46(6)33(49)14-11-15-48-22-27(21-42-5)44-45-48/h10,12-13,17-18,22,24-25,30-32,36,42,53H,11,14-16,19-21H2,1-9H3,(H,43,52)/b13-10+,23-12+/t24-,25+,30+,31-,32+,36+,39+,40+/m1/s1. The Bertz CT molecular complexity index is 1910. The summed E-state index contributed by atoms with van der Waals surface area (Å²) >= 11 is 6.78. The average molecular weight is 830 g/mol. The maximum Gasteiger partial charge on any atom is 0.409 e. The largest absolute Gasteiger partial charge is 0.495 e. The van der Waals surface area contributed by atoms with Gasteiger partial charge in [0.25, 0.3) is 0 Å². The summed E-state index contributed by atoms with van der Waals surface area (Å²) in [6, 6.07) is 2.56. The van der Waals surface area contributed by atoms with Gasteiger partial charge in [-0.3, -0.25) is 19.6 Å². The van der Waals surface area contributed by atoms with Crippen LogP contribution in [0.1, 0.15) is 64.6 Å². The van der Waals surface area contributed by atoms with Crippen LogP contribution in [0.2, 0.25) is 5.02 Å². The fourth-order valence-corrected chi connectivity index (χ4v) is 7.81. The molecule has 3 aliphatic rings. The van der Waals surface area contributed by atoms with E-state index in [-0.39, 0.29) is 30.2 Å². The number of alkyl carbamates (subject to hydrolysis) is 1. The zero-order valence-corrected chi connectivity index (χ0v) is 35.4. The van der Waals surface area contributed by atoms with Crippen LogP contribution in [-0.2, 0) is 52.8 Å². The van der Waals surface area contributed by atoms with Crippen LogP contribution in [0.4, 0.5) is 10.5 Å². The number of epoxide rings is 1. The Balaban J connectivity index is 1.42. The third-order valence-corrected chi connectivity index (χ3v) is 11.6. The molecular weight excluding hydrogens is 774 g/mol. The molecule has 0 aliphatic carbocycles. The minimum absolute atomic E-state index is 0.0599. The fourth-order valence-electron chi connectivity index (χ4n) is 7.50. The van der Waals surface area contributed by atoms with Crippen LogP contribution in [0.3, 0.4) is 0 Å². The number of methoxy groups -OCH3 is 2. The van der Waals surface area contributed by atoms with Crippen LogP contribution in [0.5, 0.6) is 5.75 Å². The van der Waals surface area contributed by atoms with Gasteiger partial charge in [-0.2, -0.15) is 0 Å². The van der Waals surface area contributed by atoms with Gasteiger partial charge in [0.1, 0.15) is 40.7 Å². The second kappa shape index (κ2) is 18.6. The van der Waals surface area contributed by atoms with Gasteiger partial charge in [0.15, 0.2) is 5.72 Å². The number of rotatable bonds is 11. The number of halogens is 1. The third kappa shape index (κ3) is 10.00. The number of amides is 3. The molecule has 2 aromatic rings. The van der Waals surface area contributed by atoms with Gasteiger partial charge in [-0.15, -0.1) is 5.10 Å². The number of carbonyl (C=O) groups excluding carboxylic acids is 4. The number of ether oxygens (including phenoxy) is 5. The second-order valence-corrected chi connectivity index (χ2v) is 15.9. The molecule has 18 heteroatoms. The summed E-state index contributed by atoms with van der Waals surface area (Å²) in [5, 5.41) is 25.7. The van der Waals surface area contributed by atoms with Gasteiger partial charge >= 0.3 is 12.1 Å². The molecule has 3 aliphatic heterocycles. The summed E-state index contributed by atoms with van der Waals surface area (Å²) in [5.41, 5.74) is -0.187. The van der Waals surface area contributed by atoms with E-state index < -0.39 is 65.7 Å². The molecule has 3 amide bonds. The summed E-state index contributed by atoms with van der Waals surface area (Å²) in [5.74, 6) is -1.65. The summed E-state index contributed by atoms with van der Waals surface area (Å²) in [4.78, 5) is 57.0. The lowest BCUT2D eigenvalue weighted by molar-refractivity contribution is -0.162. The zero-order chi connectivity index (χ0) is 42.5. The predicted molar refractivity (Wildman–Crippen MR) is 213 cm³/mol. The van der Waals surface area contributed by atoms with Crippen LogP contribution >= 0.6 is 11.6 Å². The Morgan fingerprint density at radius 1 is 1.26 bits per heavy atom. The summed E-state index contributed by atoms with van der Waals surface area (Å²) in [7, 11) is 7.83. The lowest BCUT2D eigenvalue weighted by Crippen LogP contribution is -2.63. The first kappa shape index (κ1) is 44.6. The molecule has 2 fully saturated rings. The Kier molecular flexibility index (Phi) is 14.3. The van der Waals surface area contributed by atoms with E-state index in [1.807, 2.05) is 20.0 Å². The molecule has 4 bridgehead atoms. The molecular formula is C40H56ClN7O10. The second-order valence-electron chi connectivity index (χ2n) is 15.5. The number of nitrogens with one attached hydrogen (secondary N) is 2. The number of aromatic nitrogens is 3. The van der Waals surface area contributed by atoms with Crippen molar-refractivity contribution < 1.29 is 48.0 Å². The molecule has 3 N–H and O–H groups in total. The lowest BCUT2D eigenvalue weighted by atomic mass is 9.83. The van der Waals surface area contributed by atoms with Crippen LogP contribution in [0, 0.1) is 5.92 Å². The van der Waals surface area contributed by atoms with Gasteiger partial charge in [0.05, 0.1) is 31.0 Å². The summed E-state index contributed by atoms with van der Waals surface area (Å²) in [6.07, 6.45) is 3.24. The van der Waals surface area contributed by atoms with E-state index in [1.54, 1.807) is 63.0 Å². The number of benzene rings is 1. The molecule has 58 heavy (non-hydrogen) atoms. The quantitative estimate of drug-likeness (QED) is 0.221. The lowest BCUT2D eigenvalue weighted by Gasteiger charge is -2.42. The predicted octanol–water partition coefficient (Wildman–Crippen LogP) is 3.31. The number of hydrogen-bond donors (Lipinski definition) is 3. The van der Waals surface area contributed by atoms with Crippen molar-refractivity contribution in [2.24, 2.45) is 5.92 Å². The van der Waals surface area contributed by atoms with Crippen molar-refractivity contribution in [1.82, 2.24) is 30.5 Å². The maximum atomic E-state index is 14.2. The summed E-state index contributed by atoms with van der Waals surface area (Å²) in [6.45, 7) is 8.02. The highest BCUT2D eigenvalue weighted by atomic mass is 35.5. The molecule has 318 valence electrons. The third-order valence-electron chi connectivity index (χ3n) is 11.2. The van der Waals surface area contributed by atoms with Crippen molar-refractivity contribution >= 4 is 41.2 Å². The Morgan fingerprint density at radius 2 is 2.00 bits per heavy atom. The molecule has 2 saturated heterocycles. The van der Waals surface area contributed by atoms with E-state index in [0.717, 1.165) is 16.8 Å². The number of aryl methyl sites for hydroxylation is 1. The minimum atomic E-state index is -1.84. The fraction of sp³-hybridized carbons (Fsp3) is 0.600. The molecule has 0 spiro atoms. The molecule has 1 aromatic heterocycles. The molecule has 0 unspecified atom stereocenters. The molecule has 0 radical (unpaired) electrons. The van der Waals surface area contributed by atoms with Crippen molar-refractivity contribution in [2.45, 2.75) is 115 Å². The Morgan fingerprint density at radius 3 is 2.69 bits per heavy atom.